The summed E-state index contributed by atoms with van der Waals surface area (Å²) in [6.45, 7) is 1.04. The maximum atomic E-state index is 2.47. The van der Waals surface area contributed by atoms with Crippen LogP contribution in [0.4, 0.5) is 0 Å². The molecule has 0 fully saturated rings. The van der Waals surface area contributed by atoms with Gasteiger partial charge in [-0.3, -0.25) is 0 Å². The van der Waals surface area contributed by atoms with Gasteiger partial charge in [0.05, 0.1) is 0 Å². The maximum Gasteiger partial charge on any atom is 0.193 e. The van der Waals surface area contributed by atoms with E-state index in [9.17, 15) is 0 Å². The average Bonchev–Trinajstić information content (AvgIpc) is 2.89. The molecule has 2 aromatic heterocycles. The van der Waals surface area contributed by atoms with Gasteiger partial charge in [-0.2, -0.15) is 0 Å². The van der Waals surface area contributed by atoms with Gasteiger partial charge in [0.2, 0.25) is 0 Å². The smallest absolute Gasteiger partial charge is 0.193 e. The van der Waals surface area contributed by atoms with Gasteiger partial charge in [0.1, 0.15) is 12.6 Å². The summed E-state index contributed by atoms with van der Waals surface area (Å²) >= 11 is 0. The van der Waals surface area contributed by atoms with Crippen LogP contribution in [0, 0.1) is 0 Å². The van der Waals surface area contributed by atoms with Crippen molar-refractivity contribution in [3.8, 4) is 0 Å². The molecule has 0 aliphatic rings. The van der Waals surface area contributed by atoms with Crippen LogP contribution in [-0.4, -0.2) is 4.57 Å². The summed E-state index contributed by atoms with van der Waals surface area (Å²) in [7, 11) is 2.09. The summed E-state index contributed by atoms with van der Waals surface area (Å²) in [4.78, 5) is 0. The van der Waals surface area contributed by atoms with Crippen molar-refractivity contribution >= 4 is 21.8 Å². The van der Waals surface area contributed by atoms with E-state index in [-0.39, 0.29) is 0 Å². The van der Waals surface area contributed by atoms with Gasteiger partial charge in [0.25, 0.3) is 0 Å². The van der Waals surface area contributed by atoms with E-state index >= 15 is 0 Å². The number of aryl methyl sites for hydroxylation is 3. The van der Waals surface area contributed by atoms with Crippen LogP contribution in [0.5, 0.6) is 0 Å². The van der Waals surface area contributed by atoms with Gasteiger partial charge in [0.15, 0.2) is 12.4 Å². The van der Waals surface area contributed by atoms with E-state index in [1.807, 2.05) is 0 Å². The summed E-state index contributed by atoms with van der Waals surface area (Å²) in [6, 6.07) is 21.7. The van der Waals surface area contributed by atoms with Gasteiger partial charge < -0.3 is 4.57 Å². The molecule has 0 amide bonds. The quantitative estimate of drug-likeness (QED) is 0.498. The lowest BCUT2D eigenvalue weighted by Gasteiger charge is -2.07. The molecule has 0 unspecified atom stereocenters. The maximum absolute atomic E-state index is 2.47. The molecule has 0 N–H and O–H groups in total. The van der Waals surface area contributed by atoms with Gasteiger partial charge in [0, 0.05) is 28.9 Å². The molecule has 0 spiro atoms. The van der Waals surface area contributed by atoms with Crippen LogP contribution in [0.3, 0.4) is 0 Å². The highest BCUT2D eigenvalue weighted by molar-refractivity contribution is 6.07. The van der Waals surface area contributed by atoms with E-state index in [1.165, 1.54) is 27.4 Å². The molecule has 23 heavy (non-hydrogen) atoms. The molecule has 0 aliphatic carbocycles. The molecule has 0 atom stereocenters. The van der Waals surface area contributed by atoms with E-state index in [0.717, 1.165) is 19.4 Å². The fourth-order valence-electron chi connectivity index (χ4n) is 3.42. The third-order valence-corrected chi connectivity index (χ3v) is 4.54. The Kier molecular flexibility index (Phi) is 3.58. The van der Waals surface area contributed by atoms with Crippen molar-refractivity contribution in [1.29, 1.82) is 0 Å². The van der Waals surface area contributed by atoms with E-state index in [4.69, 9.17) is 0 Å². The lowest BCUT2D eigenvalue weighted by atomic mass is 10.1. The highest BCUT2D eigenvalue weighted by atomic mass is 15.0. The number of nitrogens with zero attached hydrogens (tertiary/aromatic N) is 2. The minimum Gasteiger partial charge on any atom is -0.336 e. The van der Waals surface area contributed by atoms with Gasteiger partial charge in [-0.1, -0.05) is 48.5 Å². The summed E-state index contributed by atoms with van der Waals surface area (Å²) in [6.07, 6.45) is 6.63. The average molecular weight is 301 g/mol. The van der Waals surface area contributed by atoms with Crippen molar-refractivity contribution in [3.05, 3.63) is 78.6 Å². The van der Waals surface area contributed by atoms with Gasteiger partial charge in [-0.25, -0.2) is 4.57 Å². The Balaban J connectivity index is 1.71. The Labute approximate surface area is 136 Å². The highest BCUT2D eigenvalue weighted by Crippen LogP contribution is 2.28. The second-order valence-corrected chi connectivity index (χ2v) is 6.17. The first-order valence-electron chi connectivity index (χ1n) is 8.23. The third kappa shape index (κ3) is 2.61. The van der Waals surface area contributed by atoms with Crippen molar-refractivity contribution in [2.75, 3.05) is 0 Å². The molecular weight excluding hydrogens is 280 g/mol. The summed E-state index contributed by atoms with van der Waals surface area (Å²) in [5.74, 6) is 0. The molecule has 0 saturated carbocycles. The van der Waals surface area contributed by atoms with Crippen LogP contribution >= 0.6 is 0 Å². The lowest BCUT2D eigenvalue weighted by molar-refractivity contribution is -0.670. The van der Waals surface area contributed by atoms with Crippen LogP contribution in [-0.2, 0) is 20.0 Å². The van der Waals surface area contributed by atoms with Crippen LogP contribution in [0.2, 0.25) is 0 Å². The van der Waals surface area contributed by atoms with Crippen molar-refractivity contribution in [3.63, 3.8) is 0 Å². The third-order valence-electron chi connectivity index (χ3n) is 4.54. The van der Waals surface area contributed by atoms with E-state index < -0.39 is 0 Å². The van der Waals surface area contributed by atoms with E-state index in [1.54, 1.807) is 0 Å². The molecule has 2 aromatic carbocycles. The highest BCUT2D eigenvalue weighted by Gasteiger charge is 2.12. The van der Waals surface area contributed by atoms with Crippen LogP contribution < -0.4 is 4.57 Å². The second-order valence-electron chi connectivity index (χ2n) is 6.17. The monoisotopic (exact) mass is 301 g/mol. The minimum atomic E-state index is 1.04. The number of aromatic nitrogens is 2. The van der Waals surface area contributed by atoms with Crippen molar-refractivity contribution in [2.45, 2.75) is 19.4 Å². The zero-order valence-corrected chi connectivity index (χ0v) is 13.4. The number of para-hydroxylation sites is 1. The molecule has 0 radical (unpaired) electrons. The fourth-order valence-corrected chi connectivity index (χ4v) is 3.42. The lowest BCUT2D eigenvalue weighted by Crippen LogP contribution is -2.26. The van der Waals surface area contributed by atoms with Crippen LogP contribution in [0.15, 0.2) is 73.1 Å². The zero-order valence-electron chi connectivity index (χ0n) is 13.4. The standard InChI is InChI=1S/C21H21N2/c1-22-15-13-19-18-11-5-6-12-20(18)23(21(19)16-22)14-7-10-17-8-3-2-4-9-17/h2-6,8-9,11-13,15-16H,7,10,14H2,1H3/q+1. The number of hydrogen-bond donors (Lipinski definition) is 0. The summed E-state index contributed by atoms with van der Waals surface area (Å²) < 4.78 is 4.60. The van der Waals surface area contributed by atoms with Crippen molar-refractivity contribution in [1.82, 2.24) is 4.57 Å². The molecule has 0 bridgehead atoms. The number of pyridine rings is 1. The van der Waals surface area contributed by atoms with Gasteiger partial charge >= 0.3 is 0 Å². The number of hydrogen-bond acceptors (Lipinski definition) is 0. The molecule has 0 saturated heterocycles. The van der Waals surface area contributed by atoms with E-state index in [0.29, 0.717) is 0 Å². The van der Waals surface area contributed by atoms with Crippen LogP contribution in [0.25, 0.3) is 21.8 Å². The SMILES string of the molecule is C[n+]1ccc2c3ccccc3n(CCCc3ccccc3)c2c1. The Morgan fingerprint density at radius 3 is 2.43 bits per heavy atom. The van der Waals surface area contributed by atoms with E-state index in [2.05, 4.69) is 89.2 Å². The molecule has 2 nitrogen and oxygen atoms in total. The van der Waals surface area contributed by atoms with Crippen molar-refractivity contribution < 1.29 is 4.57 Å². The first-order valence-corrected chi connectivity index (χ1v) is 8.23. The number of fused-ring (bicyclic) bond motifs is 3. The zero-order chi connectivity index (χ0) is 15.6. The summed E-state index contributed by atoms with van der Waals surface area (Å²) in [5, 5.41) is 2.70. The summed E-state index contributed by atoms with van der Waals surface area (Å²) in [5.41, 5.74) is 4.07. The number of rotatable bonds is 4. The Morgan fingerprint density at radius 2 is 1.57 bits per heavy atom. The van der Waals surface area contributed by atoms with Gasteiger partial charge in [-0.05, 0) is 24.5 Å². The normalized spacial score (nSPS) is 11.3. The largest absolute Gasteiger partial charge is 0.336 e. The first kappa shape index (κ1) is 14.0. The molecule has 2 heteroatoms. The Morgan fingerprint density at radius 1 is 0.826 bits per heavy atom. The molecule has 114 valence electrons. The first-order chi connectivity index (χ1) is 11.3. The predicted molar refractivity (Wildman–Crippen MR) is 95.4 cm³/mol. The molecule has 4 rings (SSSR count). The minimum absolute atomic E-state index is 1.04. The topological polar surface area (TPSA) is 8.81 Å². The molecule has 4 aromatic rings. The second kappa shape index (κ2) is 5.88. The Bertz CT molecular complexity index is 952. The molecule has 0 aliphatic heterocycles. The number of benzene rings is 2. The molecular formula is C21H21N2+. The van der Waals surface area contributed by atoms with Crippen LogP contribution in [0.1, 0.15) is 12.0 Å². The van der Waals surface area contributed by atoms with Crippen molar-refractivity contribution in [2.24, 2.45) is 7.05 Å². The Hall–Kier alpha value is -2.61. The predicted octanol–water partition coefficient (Wildman–Crippen LogP) is 4.25. The molecule has 2 heterocycles. The fraction of sp³-hybridized carbons (Fsp3) is 0.190. The van der Waals surface area contributed by atoms with Gasteiger partial charge in [-0.15, -0.1) is 0 Å².